The predicted octanol–water partition coefficient (Wildman–Crippen LogP) is -0.675. The summed E-state index contributed by atoms with van der Waals surface area (Å²) >= 11 is 0. The minimum absolute atomic E-state index is 0.0669. The molecule has 5 N–H and O–H groups in total. The molecule has 0 amide bonds. The third-order valence-electron chi connectivity index (χ3n) is 5.17. The van der Waals surface area contributed by atoms with Gasteiger partial charge in [0.25, 0.3) is 0 Å². The van der Waals surface area contributed by atoms with Gasteiger partial charge in [0.2, 0.25) is 0 Å². The zero-order valence-corrected chi connectivity index (χ0v) is 20.5. The average molecular weight is 528 g/mol. The van der Waals surface area contributed by atoms with Crippen LogP contribution in [0.1, 0.15) is 12.5 Å². The number of hydrogen-bond acceptors (Lipinski definition) is 9. The number of benzene rings is 1. The number of ether oxygens (including phenoxy) is 1. The molecule has 0 heterocycles. The van der Waals surface area contributed by atoms with Gasteiger partial charge in [-0.15, -0.1) is 0 Å². The van der Waals surface area contributed by atoms with Crippen LogP contribution in [0.3, 0.4) is 0 Å². The molecule has 0 aliphatic heterocycles. The van der Waals surface area contributed by atoms with Gasteiger partial charge in [0.05, 0.1) is 39.3 Å². The number of carboxylic acid groups (broad SMARTS) is 5. The first-order chi connectivity index (χ1) is 17.4. The van der Waals surface area contributed by atoms with Gasteiger partial charge < -0.3 is 30.3 Å². The summed E-state index contributed by atoms with van der Waals surface area (Å²) in [6.07, 6.45) is 0.202. The van der Waals surface area contributed by atoms with Gasteiger partial charge in [-0.2, -0.15) is 0 Å². The summed E-state index contributed by atoms with van der Waals surface area (Å²) in [6.45, 7) is -0.912. The summed E-state index contributed by atoms with van der Waals surface area (Å²) in [5.41, 5.74) is 0.738. The maximum absolute atomic E-state index is 11.7. The number of carboxylic acids is 5. The molecular formula is C23H33N3O11. The highest BCUT2D eigenvalue weighted by Crippen LogP contribution is 2.16. The van der Waals surface area contributed by atoms with E-state index in [1.807, 2.05) is 6.92 Å². The number of aliphatic carboxylic acids is 5. The minimum Gasteiger partial charge on any atom is -0.494 e. The van der Waals surface area contributed by atoms with E-state index in [1.165, 1.54) is 4.90 Å². The van der Waals surface area contributed by atoms with E-state index >= 15 is 0 Å². The van der Waals surface area contributed by atoms with E-state index in [0.29, 0.717) is 12.4 Å². The van der Waals surface area contributed by atoms with Crippen molar-refractivity contribution >= 4 is 29.8 Å². The quantitative estimate of drug-likeness (QED) is 0.143. The van der Waals surface area contributed by atoms with E-state index in [4.69, 9.17) is 14.9 Å². The predicted molar refractivity (Wildman–Crippen MR) is 128 cm³/mol. The molecule has 0 spiro atoms. The van der Waals surface area contributed by atoms with Crippen molar-refractivity contribution in [1.82, 2.24) is 14.7 Å². The van der Waals surface area contributed by atoms with Gasteiger partial charge >= 0.3 is 29.8 Å². The summed E-state index contributed by atoms with van der Waals surface area (Å²) in [6, 6.07) is 6.22. The maximum Gasteiger partial charge on any atom is 0.317 e. The topological polar surface area (TPSA) is 205 Å². The summed E-state index contributed by atoms with van der Waals surface area (Å²) in [7, 11) is 0. The Kier molecular flexibility index (Phi) is 13.6. The van der Waals surface area contributed by atoms with Crippen LogP contribution >= 0.6 is 0 Å². The van der Waals surface area contributed by atoms with Gasteiger partial charge in [-0.3, -0.25) is 38.7 Å². The van der Waals surface area contributed by atoms with Crippen molar-refractivity contribution in [3.05, 3.63) is 29.8 Å². The van der Waals surface area contributed by atoms with Crippen molar-refractivity contribution in [1.29, 1.82) is 0 Å². The van der Waals surface area contributed by atoms with Gasteiger partial charge in [-0.25, -0.2) is 0 Å². The Bertz CT molecular complexity index is 891. The summed E-state index contributed by atoms with van der Waals surface area (Å²) < 4.78 is 5.42. The summed E-state index contributed by atoms with van der Waals surface area (Å²) in [4.78, 5) is 60.3. The second-order valence-electron chi connectivity index (χ2n) is 8.25. The van der Waals surface area contributed by atoms with Crippen LogP contribution in [0.15, 0.2) is 24.3 Å². The van der Waals surface area contributed by atoms with Crippen LogP contribution in [-0.4, -0.2) is 135 Å². The highest BCUT2D eigenvalue weighted by molar-refractivity contribution is 5.73. The number of rotatable bonds is 20. The molecule has 1 atom stereocenters. The third-order valence-corrected chi connectivity index (χ3v) is 5.17. The SMILES string of the molecule is CCOc1ccc(CC(CN(CC(=O)O)CC(=O)O)N(CCN(CC(=O)O)CC(=O)O)CC(=O)O)cc1. The third kappa shape index (κ3) is 13.8. The van der Waals surface area contributed by atoms with E-state index in [-0.39, 0.29) is 26.1 Å². The Hall–Kier alpha value is -3.75. The molecule has 14 heteroatoms. The Balaban J connectivity index is 3.27. The van der Waals surface area contributed by atoms with E-state index in [0.717, 1.165) is 15.4 Å². The molecule has 14 nitrogen and oxygen atoms in total. The fourth-order valence-electron chi connectivity index (χ4n) is 3.77. The number of carbonyl (C=O) groups is 5. The van der Waals surface area contributed by atoms with E-state index in [9.17, 15) is 39.3 Å². The number of hydrogen-bond donors (Lipinski definition) is 5. The van der Waals surface area contributed by atoms with E-state index < -0.39 is 68.6 Å². The minimum atomic E-state index is -1.26. The molecule has 0 saturated carbocycles. The van der Waals surface area contributed by atoms with E-state index in [2.05, 4.69) is 0 Å². The van der Waals surface area contributed by atoms with Crippen LogP contribution in [0.2, 0.25) is 0 Å². The first kappa shape index (κ1) is 31.3. The highest BCUT2D eigenvalue weighted by atomic mass is 16.5. The smallest absolute Gasteiger partial charge is 0.317 e. The lowest BCUT2D eigenvalue weighted by atomic mass is 10.0. The second kappa shape index (κ2) is 16.1. The second-order valence-corrected chi connectivity index (χ2v) is 8.25. The molecule has 37 heavy (non-hydrogen) atoms. The van der Waals surface area contributed by atoms with Crippen molar-refractivity contribution in [3.63, 3.8) is 0 Å². The van der Waals surface area contributed by atoms with E-state index in [1.54, 1.807) is 24.3 Å². The van der Waals surface area contributed by atoms with Gasteiger partial charge in [-0.05, 0) is 31.0 Å². The largest absolute Gasteiger partial charge is 0.494 e. The fourth-order valence-corrected chi connectivity index (χ4v) is 3.77. The molecule has 1 rings (SSSR count). The normalized spacial score (nSPS) is 12.0. The molecule has 0 saturated heterocycles. The van der Waals surface area contributed by atoms with Crippen LogP contribution in [0, 0.1) is 0 Å². The summed E-state index contributed by atoms with van der Waals surface area (Å²) in [5.74, 6) is -5.65. The molecule has 0 aliphatic rings. The molecule has 206 valence electrons. The van der Waals surface area contributed by atoms with Crippen molar-refractivity contribution < 1.29 is 54.2 Å². The van der Waals surface area contributed by atoms with Gasteiger partial charge in [0.15, 0.2) is 0 Å². The molecule has 0 aromatic heterocycles. The van der Waals surface area contributed by atoms with Crippen molar-refractivity contribution in [2.45, 2.75) is 19.4 Å². The molecule has 0 fully saturated rings. The highest BCUT2D eigenvalue weighted by Gasteiger charge is 2.27. The van der Waals surface area contributed by atoms with Crippen molar-refractivity contribution in [2.24, 2.45) is 0 Å². The zero-order chi connectivity index (χ0) is 28.0. The van der Waals surface area contributed by atoms with Gasteiger partial charge in [0, 0.05) is 25.7 Å². The van der Waals surface area contributed by atoms with Gasteiger partial charge in [0.1, 0.15) is 5.75 Å². The Morgan fingerprint density at radius 1 is 0.703 bits per heavy atom. The molecule has 1 aromatic carbocycles. The van der Waals surface area contributed by atoms with Crippen molar-refractivity contribution in [3.8, 4) is 5.75 Å². The Morgan fingerprint density at radius 2 is 1.16 bits per heavy atom. The molecule has 1 aromatic rings. The standard InChI is InChI=1S/C23H33N3O11/c1-2-37-18-5-3-16(4-6-18)9-17(10-25(13-21(31)32)14-22(33)34)26(15-23(35)36)8-7-24(11-19(27)28)12-20(29)30/h3-6,17H,2,7-15H2,1H3,(H,27,28)(H,29,30)(H,31,32)(H,33,34)(H,35,36). The van der Waals surface area contributed by atoms with Crippen LogP contribution in [0.4, 0.5) is 0 Å². The lowest BCUT2D eigenvalue weighted by molar-refractivity contribution is -0.143. The van der Waals surface area contributed by atoms with Crippen LogP contribution in [-0.2, 0) is 30.4 Å². The lowest BCUT2D eigenvalue weighted by Gasteiger charge is -2.35. The number of nitrogens with zero attached hydrogens (tertiary/aromatic N) is 3. The maximum atomic E-state index is 11.7. The molecule has 0 aliphatic carbocycles. The van der Waals surface area contributed by atoms with Crippen LogP contribution in [0.25, 0.3) is 0 Å². The molecule has 0 bridgehead atoms. The van der Waals surface area contributed by atoms with Crippen LogP contribution in [0.5, 0.6) is 5.75 Å². The lowest BCUT2D eigenvalue weighted by Crippen LogP contribution is -2.51. The fraction of sp³-hybridized carbons (Fsp3) is 0.522. The summed E-state index contributed by atoms with van der Waals surface area (Å²) in [5, 5.41) is 46.2. The molecule has 1 unspecified atom stereocenters. The average Bonchev–Trinajstić information content (AvgIpc) is 2.75. The Labute approximate surface area is 213 Å². The monoisotopic (exact) mass is 527 g/mol. The zero-order valence-electron chi connectivity index (χ0n) is 20.5. The molecule has 0 radical (unpaired) electrons. The van der Waals surface area contributed by atoms with Crippen molar-refractivity contribution in [2.75, 3.05) is 59.0 Å². The molecular weight excluding hydrogens is 494 g/mol. The van der Waals surface area contributed by atoms with Gasteiger partial charge in [-0.1, -0.05) is 12.1 Å². The Morgan fingerprint density at radius 3 is 1.59 bits per heavy atom. The first-order valence-corrected chi connectivity index (χ1v) is 11.4. The van der Waals surface area contributed by atoms with Crippen LogP contribution < -0.4 is 4.74 Å². The first-order valence-electron chi connectivity index (χ1n) is 11.4.